The van der Waals surface area contributed by atoms with Crippen molar-refractivity contribution >= 4 is 40.5 Å². The fraction of sp³-hybridized carbons (Fsp3) is 0.118. The van der Waals surface area contributed by atoms with Gasteiger partial charge in [-0.15, -0.1) is 10.2 Å². The molecule has 1 aromatic heterocycles. The Balaban J connectivity index is 1.50. The zero-order valence-corrected chi connectivity index (χ0v) is 15.4. The maximum atomic E-state index is 12.1. The first-order valence-electron chi connectivity index (χ1n) is 7.73. The first kappa shape index (κ1) is 18.9. The Bertz CT molecular complexity index is 944. The van der Waals surface area contributed by atoms with Crippen molar-refractivity contribution in [2.75, 3.05) is 11.1 Å². The molecule has 0 saturated heterocycles. The summed E-state index contributed by atoms with van der Waals surface area (Å²) in [5, 5.41) is 22.5. The highest BCUT2D eigenvalue weighted by Gasteiger charge is 2.13. The number of thioether (sulfide) groups is 1. The third kappa shape index (κ3) is 5.28. The van der Waals surface area contributed by atoms with Gasteiger partial charge in [-0.25, -0.2) is 0 Å². The van der Waals surface area contributed by atoms with Crippen LogP contribution in [0.2, 0.25) is 5.02 Å². The number of hydrogen-bond donors (Lipinski definition) is 1. The van der Waals surface area contributed by atoms with Gasteiger partial charge < -0.3 is 9.73 Å². The van der Waals surface area contributed by atoms with Crippen LogP contribution in [-0.4, -0.2) is 26.7 Å². The molecule has 10 heteroatoms. The summed E-state index contributed by atoms with van der Waals surface area (Å²) in [7, 11) is 0. The summed E-state index contributed by atoms with van der Waals surface area (Å²) in [5.74, 6) is 0.286. The molecule has 1 N–H and O–H groups in total. The monoisotopic (exact) mass is 404 g/mol. The van der Waals surface area contributed by atoms with E-state index >= 15 is 0 Å². The lowest BCUT2D eigenvalue weighted by Crippen LogP contribution is -2.02. The van der Waals surface area contributed by atoms with Crippen molar-refractivity contribution in [2.24, 2.45) is 0 Å². The number of nitro benzene ring substituents is 1. The van der Waals surface area contributed by atoms with Crippen molar-refractivity contribution in [3.8, 4) is 0 Å². The summed E-state index contributed by atoms with van der Waals surface area (Å²) in [4.78, 5) is 22.3. The van der Waals surface area contributed by atoms with Crippen molar-refractivity contribution in [3.63, 3.8) is 0 Å². The molecule has 2 aromatic carbocycles. The average Bonchev–Trinajstić information content (AvgIpc) is 3.13. The van der Waals surface area contributed by atoms with Crippen LogP contribution in [0.4, 0.5) is 11.4 Å². The van der Waals surface area contributed by atoms with Gasteiger partial charge in [-0.1, -0.05) is 23.4 Å². The van der Waals surface area contributed by atoms with Crippen LogP contribution in [0.1, 0.15) is 16.2 Å². The van der Waals surface area contributed by atoms with Crippen molar-refractivity contribution in [1.29, 1.82) is 0 Å². The lowest BCUT2D eigenvalue weighted by molar-refractivity contribution is -0.384. The summed E-state index contributed by atoms with van der Waals surface area (Å²) in [6.07, 6.45) is 0. The minimum absolute atomic E-state index is 0.0612. The molecule has 27 heavy (non-hydrogen) atoms. The molecule has 3 rings (SSSR count). The van der Waals surface area contributed by atoms with E-state index in [2.05, 4.69) is 15.5 Å². The number of anilines is 1. The third-order valence-electron chi connectivity index (χ3n) is 3.46. The lowest BCUT2D eigenvalue weighted by atomic mass is 10.1. The van der Waals surface area contributed by atoms with Crippen LogP contribution in [0.3, 0.4) is 0 Å². The van der Waals surface area contributed by atoms with Gasteiger partial charge in [0, 0.05) is 28.4 Å². The normalized spacial score (nSPS) is 10.6. The molecular weight excluding hydrogens is 392 g/mol. The fourth-order valence-electron chi connectivity index (χ4n) is 2.09. The molecule has 0 radical (unpaired) electrons. The fourth-order valence-corrected chi connectivity index (χ4v) is 2.89. The zero-order valence-electron chi connectivity index (χ0n) is 13.8. The third-order valence-corrected chi connectivity index (χ3v) is 4.53. The van der Waals surface area contributed by atoms with Gasteiger partial charge in [0.1, 0.15) is 0 Å². The van der Waals surface area contributed by atoms with E-state index in [1.807, 2.05) is 12.1 Å². The molecule has 8 nitrogen and oxygen atoms in total. The van der Waals surface area contributed by atoms with E-state index in [1.165, 1.54) is 24.3 Å². The van der Waals surface area contributed by atoms with Crippen LogP contribution in [0.25, 0.3) is 0 Å². The highest BCUT2D eigenvalue weighted by molar-refractivity contribution is 7.99. The van der Waals surface area contributed by atoms with Crippen LogP contribution in [-0.2, 0) is 6.54 Å². The van der Waals surface area contributed by atoms with Gasteiger partial charge in [0.2, 0.25) is 5.89 Å². The highest BCUT2D eigenvalue weighted by Crippen LogP contribution is 2.20. The molecule has 3 aromatic rings. The number of nitro groups is 1. The molecule has 0 bridgehead atoms. The van der Waals surface area contributed by atoms with E-state index in [4.69, 9.17) is 16.0 Å². The van der Waals surface area contributed by atoms with E-state index in [-0.39, 0.29) is 22.4 Å². The van der Waals surface area contributed by atoms with Crippen LogP contribution < -0.4 is 5.32 Å². The van der Waals surface area contributed by atoms with E-state index < -0.39 is 4.92 Å². The second-order valence-corrected chi connectivity index (χ2v) is 6.70. The van der Waals surface area contributed by atoms with Gasteiger partial charge in [-0.05, 0) is 36.4 Å². The second kappa shape index (κ2) is 8.65. The molecular formula is C17H13ClN4O4S. The molecule has 0 aliphatic rings. The predicted octanol–water partition coefficient (Wildman–Crippen LogP) is 4.22. The Morgan fingerprint density at radius 2 is 1.85 bits per heavy atom. The average molecular weight is 405 g/mol. The predicted molar refractivity (Wildman–Crippen MR) is 101 cm³/mol. The maximum Gasteiger partial charge on any atom is 0.277 e. The molecule has 0 spiro atoms. The molecule has 0 saturated carbocycles. The first-order chi connectivity index (χ1) is 13.0. The number of carbonyl (C=O) groups excluding carboxylic acids is 1. The zero-order chi connectivity index (χ0) is 19.2. The second-order valence-electron chi connectivity index (χ2n) is 5.34. The number of benzene rings is 2. The molecule has 0 aliphatic heterocycles. The first-order valence-corrected chi connectivity index (χ1v) is 9.10. The number of nitrogens with one attached hydrogen (secondary N) is 1. The maximum absolute atomic E-state index is 12.1. The van der Waals surface area contributed by atoms with Crippen LogP contribution in [0.5, 0.6) is 0 Å². The Kier molecular flexibility index (Phi) is 6.05. The van der Waals surface area contributed by atoms with Crippen LogP contribution in [0.15, 0.2) is 58.2 Å². The van der Waals surface area contributed by atoms with Gasteiger partial charge in [-0.2, -0.15) is 0 Å². The number of carbonyl (C=O) groups is 1. The minimum atomic E-state index is -0.513. The summed E-state index contributed by atoms with van der Waals surface area (Å²) < 4.78 is 5.48. The van der Waals surface area contributed by atoms with Crippen molar-refractivity contribution in [2.45, 2.75) is 11.8 Å². The van der Waals surface area contributed by atoms with Gasteiger partial charge >= 0.3 is 0 Å². The Morgan fingerprint density at radius 1 is 1.15 bits per heavy atom. The van der Waals surface area contributed by atoms with Gasteiger partial charge in [0.15, 0.2) is 5.78 Å². The van der Waals surface area contributed by atoms with Crippen LogP contribution >= 0.6 is 23.4 Å². The molecule has 0 amide bonds. The van der Waals surface area contributed by atoms with E-state index in [9.17, 15) is 14.9 Å². The smallest absolute Gasteiger partial charge is 0.277 e. The summed E-state index contributed by atoms with van der Waals surface area (Å²) in [6, 6.07) is 12.6. The number of rotatable bonds is 8. The SMILES string of the molecule is O=C(CSc1nnc(CNc2ccc(Cl)cc2)o1)c1ccc([N+](=O)[O-])cc1. The molecule has 0 fully saturated rings. The number of Topliss-reactive ketones (excluding diaryl/α,β-unsaturated/α-hetero) is 1. The number of non-ortho nitro benzene ring substituents is 1. The minimum Gasteiger partial charge on any atom is -0.414 e. The largest absolute Gasteiger partial charge is 0.414 e. The topological polar surface area (TPSA) is 111 Å². The summed E-state index contributed by atoms with van der Waals surface area (Å²) >= 11 is 6.94. The van der Waals surface area contributed by atoms with Gasteiger partial charge in [0.05, 0.1) is 17.2 Å². The van der Waals surface area contributed by atoms with Crippen LogP contribution in [0, 0.1) is 10.1 Å². The number of halogens is 1. The molecule has 0 atom stereocenters. The van der Waals surface area contributed by atoms with Crippen molar-refractivity contribution in [1.82, 2.24) is 10.2 Å². The molecule has 1 heterocycles. The number of nitrogens with zero attached hydrogens (tertiary/aromatic N) is 3. The number of hydrogen-bond acceptors (Lipinski definition) is 8. The van der Waals surface area contributed by atoms with Crippen molar-refractivity contribution in [3.05, 3.63) is 75.1 Å². The molecule has 0 aliphatic carbocycles. The Labute approximate surface area is 163 Å². The highest BCUT2D eigenvalue weighted by atomic mass is 35.5. The summed E-state index contributed by atoms with van der Waals surface area (Å²) in [6.45, 7) is 0.339. The Morgan fingerprint density at radius 3 is 2.52 bits per heavy atom. The Hall–Kier alpha value is -2.91. The summed E-state index contributed by atoms with van der Waals surface area (Å²) in [5.41, 5.74) is 1.19. The van der Waals surface area contributed by atoms with Gasteiger partial charge in [-0.3, -0.25) is 14.9 Å². The number of ketones is 1. The van der Waals surface area contributed by atoms with Gasteiger partial charge in [0.25, 0.3) is 10.9 Å². The van der Waals surface area contributed by atoms with E-state index in [1.54, 1.807) is 12.1 Å². The molecule has 138 valence electrons. The number of aromatic nitrogens is 2. The van der Waals surface area contributed by atoms with Crippen molar-refractivity contribution < 1.29 is 14.1 Å². The lowest BCUT2D eigenvalue weighted by Gasteiger charge is -2.02. The quantitative estimate of drug-likeness (QED) is 0.257. The van der Waals surface area contributed by atoms with E-state index in [0.29, 0.717) is 23.0 Å². The van der Waals surface area contributed by atoms with E-state index in [0.717, 1.165) is 17.4 Å². The standard InChI is InChI=1S/C17H13ClN4O4S/c18-12-3-5-13(6-4-12)19-9-16-20-21-17(26-16)27-10-15(23)11-1-7-14(8-2-11)22(24)25/h1-8,19H,9-10H2. The molecule has 0 unspecified atom stereocenters.